The van der Waals surface area contributed by atoms with Crippen molar-refractivity contribution < 1.29 is 26.9 Å². The number of rotatable bonds is 3. The molecule has 0 bridgehead atoms. The van der Waals surface area contributed by atoms with Crippen LogP contribution in [0.5, 0.6) is 5.75 Å². The molecule has 0 aliphatic heterocycles. The summed E-state index contributed by atoms with van der Waals surface area (Å²) >= 11 is 11.9. The average molecular weight is 319 g/mol. The van der Waals surface area contributed by atoms with Gasteiger partial charge in [0.25, 0.3) is 0 Å². The van der Waals surface area contributed by atoms with Crippen molar-refractivity contribution in [3.05, 3.63) is 58.3 Å². The highest BCUT2D eigenvalue weighted by Crippen LogP contribution is 2.35. The molecule has 1 heterocycles. The zero-order valence-electron chi connectivity index (χ0n) is 9.63. The third-order valence-corrected chi connectivity index (χ3v) is 3.49. The standard InChI is InChI=1S/C13H9Cl2NO2.ClH/c14-12-9(4-5-11(18)13(12)15)10(8-17)16-6-2-1-3-7-16;/h1-8,10H;1H. The maximum Gasteiger partial charge on any atom is 0.239 e. The summed E-state index contributed by atoms with van der Waals surface area (Å²) in [6, 6.07) is 7.91. The van der Waals surface area contributed by atoms with Gasteiger partial charge in [-0.1, -0.05) is 29.3 Å². The molecule has 1 N–H and O–H groups in total. The van der Waals surface area contributed by atoms with Gasteiger partial charge >= 0.3 is 0 Å². The molecule has 2 rings (SSSR count). The second-order valence-corrected chi connectivity index (χ2v) is 4.46. The Bertz CT molecular complexity index is 576. The fourth-order valence-electron chi connectivity index (χ4n) is 1.68. The molecule has 1 atom stereocenters. The summed E-state index contributed by atoms with van der Waals surface area (Å²) in [7, 11) is 0. The first kappa shape index (κ1) is 15.8. The number of benzene rings is 1. The van der Waals surface area contributed by atoms with Crippen molar-refractivity contribution in [3.63, 3.8) is 0 Å². The van der Waals surface area contributed by atoms with Crippen LogP contribution < -0.4 is 17.0 Å². The molecule has 0 aliphatic carbocycles. The summed E-state index contributed by atoms with van der Waals surface area (Å²) in [4.78, 5) is 11.3. The van der Waals surface area contributed by atoms with E-state index in [-0.39, 0.29) is 28.2 Å². The molecule has 2 aromatic rings. The largest absolute Gasteiger partial charge is 1.00 e. The van der Waals surface area contributed by atoms with Crippen molar-refractivity contribution in [1.29, 1.82) is 0 Å². The molecule has 0 radical (unpaired) electrons. The number of nitrogens with zero attached hydrogens (tertiary/aromatic N) is 1. The van der Waals surface area contributed by atoms with Gasteiger partial charge < -0.3 is 17.5 Å². The van der Waals surface area contributed by atoms with Crippen molar-refractivity contribution in [2.75, 3.05) is 0 Å². The molecular formula is C13H10Cl3NO2. The van der Waals surface area contributed by atoms with Gasteiger partial charge in [-0.2, -0.15) is 4.57 Å². The van der Waals surface area contributed by atoms with Gasteiger partial charge in [-0.25, -0.2) is 0 Å². The van der Waals surface area contributed by atoms with E-state index in [9.17, 15) is 9.90 Å². The normalized spacial score (nSPS) is 11.5. The first-order valence-electron chi connectivity index (χ1n) is 5.23. The molecule has 19 heavy (non-hydrogen) atoms. The van der Waals surface area contributed by atoms with Gasteiger partial charge in [-0.15, -0.1) is 0 Å². The molecule has 0 saturated heterocycles. The molecule has 1 unspecified atom stereocenters. The Balaban J connectivity index is 0.00000180. The first-order valence-corrected chi connectivity index (χ1v) is 5.98. The first-order chi connectivity index (χ1) is 8.65. The molecule has 0 aliphatic rings. The van der Waals surface area contributed by atoms with Gasteiger partial charge in [-0.3, -0.25) is 4.79 Å². The smallest absolute Gasteiger partial charge is 0.239 e. The lowest BCUT2D eigenvalue weighted by molar-refractivity contribution is -0.698. The quantitative estimate of drug-likeness (QED) is 0.628. The topological polar surface area (TPSA) is 41.2 Å². The Hall–Kier alpha value is -1.29. The Labute approximate surface area is 126 Å². The number of halogens is 3. The Morgan fingerprint density at radius 2 is 1.74 bits per heavy atom. The molecule has 3 nitrogen and oxygen atoms in total. The van der Waals surface area contributed by atoms with Crippen LogP contribution in [0.1, 0.15) is 11.6 Å². The van der Waals surface area contributed by atoms with Crippen molar-refractivity contribution in [1.82, 2.24) is 0 Å². The van der Waals surface area contributed by atoms with E-state index in [0.717, 1.165) is 6.29 Å². The zero-order valence-corrected chi connectivity index (χ0v) is 11.9. The van der Waals surface area contributed by atoms with Crippen LogP contribution in [0.15, 0.2) is 42.7 Å². The zero-order chi connectivity index (χ0) is 13.1. The molecule has 0 fully saturated rings. The van der Waals surface area contributed by atoms with Crippen LogP contribution in [0, 0.1) is 0 Å². The number of hydrogen-bond donors (Lipinski definition) is 1. The number of phenols is 1. The molecule has 0 spiro atoms. The van der Waals surface area contributed by atoms with Crippen LogP contribution in [0.4, 0.5) is 0 Å². The van der Waals surface area contributed by atoms with Gasteiger partial charge in [0.2, 0.25) is 6.04 Å². The van der Waals surface area contributed by atoms with Crippen molar-refractivity contribution >= 4 is 29.5 Å². The molecule has 1 aromatic carbocycles. The monoisotopic (exact) mass is 317 g/mol. The van der Waals surface area contributed by atoms with E-state index in [0.29, 0.717) is 5.56 Å². The number of phenolic OH excluding ortho intramolecular Hbond substituents is 1. The minimum atomic E-state index is -0.572. The summed E-state index contributed by atoms with van der Waals surface area (Å²) < 4.78 is 1.71. The highest BCUT2D eigenvalue weighted by molar-refractivity contribution is 6.43. The van der Waals surface area contributed by atoms with E-state index in [1.165, 1.54) is 6.07 Å². The van der Waals surface area contributed by atoms with Crippen LogP contribution in [0.25, 0.3) is 0 Å². The number of aromatic hydroxyl groups is 1. The van der Waals surface area contributed by atoms with E-state index in [1.807, 2.05) is 18.2 Å². The average Bonchev–Trinajstić information content (AvgIpc) is 2.41. The lowest BCUT2D eigenvalue weighted by Gasteiger charge is -2.10. The Morgan fingerprint density at radius 1 is 1.11 bits per heavy atom. The number of aromatic nitrogens is 1. The lowest BCUT2D eigenvalue weighted by Crippen LogP contribution is -3.00. The molecule has 100 valence electrons. The second kappa shape index (κ2) is 6.75. The maximum atomic E-state index is 11.3. The predicted octanol–water partition coefficient (Wildman–Crippen LogP) is -0.221. The van der Waals surface area contributed by atoms with Crippen molar-refractivity contribution in [2.24, 2.45) is 0 Å². The van der Waals surface area contributed by atoms with E-state index in [2.05, 4.69) is 0 Å². The molecule has 0 saturated carbocycles. The Morgan fingerprint density at radius 3 is 2.32 bits per heavy atom. The number of aldehydes is 1. The van der Waals surface area contributed by atoms with E-state index in [1.54, 1.807) is 23.0 Å². The van der Waals surface area contributed by atoms with Gasteiger partial charge in [0.1, 0.15) is 10.8 Å². The number of pyridine rings is 1. The minimum absolute atomic E-state index is 0. The van der Waals surface area contributed by atoms with Crippen LogP contribution in [-0.2, 0) is 4.79 Å². The van der Waals surface area contributed by atoms with Crippen molar-refractivity contribution in [2.45, 2.75) is 6.04 Å². The summed E-state index contributed by atoms with van der Waals surface area (Å²) in [6.07, 6.45) is 4.29. The van der Waals surface area contributed by atoms with Crippen LogP contribution >= 0.6 is 23.2 Å². The second-order valence-electron chi connectivity index (χ2n) is 3.71. The Kier molecular flexibility index (Phi) is 5.60. The predicted molar refractivity (Wildman–Crippen MR) is 69.0 cm³/mol. The third kappa shape index (κ3) is 3.18. The summed E-state index contributed by atoms with van der Waals surface area (Å²) in [5.74, 6) is -0.104. The highest BCUT2D eigenvalue weighted by atomic mass is 35.5. The molecule has 1 aromatic heterocycles. The highest BCUT2D eigenvalue weighted by Gasteiger charge is 2.24. The fraction of sp³-hybridized carbons (Fsp3) is 0.0769. The van der Waals surface area contributed by atoms with Gasteiger partial charge in [0.05, 0.1) is 5.02 Å². The van der Waals surface area contributed by atoms with Crippen LogP contribution in [-0.4, -0.2) is 11.4 Å². The minimum Gasteiger partial charge on any atom is -1.00 e. The fourth-order valence-corrected chi connectivity index (χ4v) is 2.13. The maximum absolute atomic E-state index is 11.3. The number of carbonyl (C=O) groups is 1. The molecule has 0 amide bonds. The van der Waals surface area contributed by atoms with E-state index >= 15 is 0 Å². The summed E-state index contributed by atoms with van der Waals surface area (Å²) in [6.45, 7) is 0. The van der Waals surface area contributed by atoms with Gasteiger partial charge in [0, 0.05) is 17.7 Å². The van der Waals surface area contributed by atoms with Crippen LogP contribution in [0.3, 0.4) is 0 Å². The number of hydrogen-bond acceptors (Lipinski definition) is 2. The van der Waals surface area contributed by atoms with Gasteiger partial charge in [-0.05, 0) is 12.1 Å². The van der Waals surface area contributed by atoms with Crippen LogP contribution in [0.2, 0.25) is 10.0 Å². The van der Waals surface area contributed by atoms with Gasteiger partial charge in [0.15, 0.2) is 18.7 Å². The lowest BCUT2D eigenvalue weighted by atomic mass is 10.1. The SMILES string of the molecule is O=CC(c1ccc(O)c(Cl)c1Cl)[n+]1ccccc1.[Cl-]. The molecule has 6 heteroatoms. The summed E-state index contributed by atoms with van der Waals surface area (Å²) in [5.41, 5.74) is 0.547. The van der Waals surface area contributed by atoms with E-state index < -0.39 is 6.04 Å². The van der Waals surface area contributed by atoms with E-state index in [4.69, 9.17) is 23.2 Å². The summed E-state index contributed by atoms with van der Waals surface area (Å²) in [5, 5.41) is 9.68. The third-order valence-electron chi connectivity index (χ3n) is 2.60. The number of carbonyl (C=O) groups excluding carboxylic acids is 1. The van der Waals surface area contributed by atoms with Crippen molar-refractivity contribution in [3.8, 4) is 5.75 Å². The molecular weight excluding hydrogens is 309 g/mol.